The number of carbonyl (C=O) groups is 1. The molecule has 0 aromatic heterocycles. The van der Waals surface area contributed by atoms with Crippen molar-refractivity contribution < 1.29 is 4.79 Å². The van der Waals surface area contributed by atoms with Gasteiger partial charge in [-0.2, -0.15) is 0 Å². The Labute approximate surface area is 105 Å². The zero-order valence-corrected chi connectivity index (χ0v) is 11.0. The zero-order valence-electron chi connectivity index (χ0n) is 11.0. The molecule has 1 aliphatic carbocycles. The lowest BCUT2D eigenvalue weighted by Crippen LogP contribution is -2.46. The Morgan fingerprint density at radius 2 is 2.00 bits per heavy atom. The van der Waals surface area contributed by atoms with E-state index in [1.165, 1.54) is 38.5 Å². The fourth-order valence-electron chi connectivity index (χ4n) is 3.21. The Hall–Kier alpha value is -0.570. The first-order chi connectivity index (χ1) is 8.29. The molecule has 1 saturated heterocycles. The van der Waals surface area contributed by atoms with Crippen molar-refractivity contribution in [3.8, 4) is 0 Å². The largest absolute Gasteiger partial charge is 0.352 e. The summed E-state index contributed by atoms with van der Waals surface area (Å²) in [5.41, 5.74) is 0. The Bertz CT molecular complexity index is 241. The summed E-state index contributed by atoms with van der Waals surface area (Å²) in [5.74, 6) is 1.15. The Morgan fingerprint density at radius 1 is 1.24 bits per heavy atom. The molecule has 2 N–H and O–H groups in total. The van der Waals surface area contributed by atoms with E-state index in [2.05, 4.69) is 17.6 Å². The van der Waals surface area contributed by atoms with E-state index >= 15 is 0 Å². The van der Waals surface area contributed by atoms with Gasteiger partial charge in [0.2, 0.25) is 5.91 Å². The highest BCUT2D eigenvalue weighted by Gasteiger charge is 2.26. The van der Waals surface area contributed by atoms with E-state index in [1.54, 1.807) is 0 Å². The monoisotopic (exact) mass is 238 g/mol. The van der Waals surface area contributed by atoms with E-state index in [9.17, 15) is 4.79 Å². The van der Waals surface area contributed by atoms with E-state index in [0.717, 1.165) is 25.3 Å². The number of carbonyl (C=O) groups excluding carboxylic acids is 1. The molecule has 0 aromatic rings. The zero-order chi connectivity index (χ0) is 12.1. The molecule has 1 aliphatic heterocycles. The van der Waals surface area contributed by atoms with E-state index in [4.69, 9.17) is 0 Å². The molecule has 0 aromatic carbocycles. The van der Waals surface area contributed by atoms with Crippen LogP contribution in [0.3, 0.4) is 0 Å². The SMILES string of the molecule is CCCC1CCC(NC(=O)[C@H]2CCCN2)CC1. The molecule has 1 saturated carbocycles. The van der Waals surface area contributed by atoms with E-state index in [-0.39, 0.29) is 11.9 Å². The number of nitrogens with one attached hydrogen (secondary N) is 2. The fourth-order valence-corrected chi connectivity index (χ4v) is 3.21. The molecule has 0 radical (unpaired) electrons. The predicted molar refractivity (Wildman–Crippen MR) is 69.8 cm³/mol. The topological polar surface area (TPSA) is 41.1 Å². The van der Waals surface area contributed by atoms with Crippen LogP contribution in [0, 0.1) is 5.92 Å². The van der Waals surface area contributed by atoms with Crippen molar-refractivity contribution >= 4 is 5.91 Å². The van der Waals surface area contributed by atoms with Crippen molar-refractivity contribution in [2.24, 2.45) is 5.92 Å². The molecule has 2 rings (SSSR count). The first-order valence-corrected chi connectivity index (χ1v) is 7.33. The molecule has 2 aliphatic rings. The molecule has 2 fully saturated rings. The fraction of sp³-hybridized carbons (Fsp3) is 0.929. The van der Waals surface area contributed by atoms with Gasteiger partial charge in [0.1, 0.15) is 0 Å². The van der Waals surface area contributed by atoms with Crippen molar-refractivity contribution in [2.45, 2.75) is 70.4 Å². The van der Waals surface area contributed by atoms with Gasteiger partial charge in [-0.25, -0.2) is 0 Å². The minimum Gasteiger partial charge on any atom is -0.352 e. The molecule has 0 spiro atoms. The molecule has 17 heavy (non-hydrogen) atoms. The standard InChI is InChI=1S/C14H26N2O/c1-2-4-11-6-8-12(9-7-11)16-14(17)13-5-3-10-15-13/h11-13,15H,2-10H2,1H3,(H,16,17)/t11?,12?,13-/m1/s1. The van der Waals surface area contributed by atoms with Crippen molar-refractivity contribution in [2.75, 3.05) is 6.54 Å². The molecule has 0 bridgehead atoms. The Kier molecular flexibility index (Phi) is 4.84. The minimum absolute atomic E-state index is 0.0864. The van der Waals surface area contributed by atoms with Crippen molar-refractivity contribution in [3.05, 3.63) is 0 Å². The molecule has 1 amide bonds. The number of hydrogen-bond donors (Lipinski definition) is 2. The smallest absolute Gasteiger partial charge is 0.237 e. The van der Waals surface area contributed by atoms with Crippen LogP contribution in [0.25, 0.3) is 0 Å². The van der Waals surface area contributed by atoms with Gasteiger partial charge in [-0.1, -0.05) is 19.8 Å². The molecule has 98 valence electrons. The maximum Gasteiger partial charge on any atom is 0.237 e. The Balaban J connectivity index is 1.68. The van der Waals surface area contributed by atoms with Gasteiger partial charge in [-0.15, -0.1) is 0 Å². The summed E-state index contributed by atoms with van der Waals surface area (Å²) in [6.07, 6.45) is 9.79. The first kappa shape index (κ1) is 12.9. The average molecular weight is 238 g/mol. The summed E-state index contributed by atoms with van der Waals surface area (Å²) in [6, 6.07) is 0.529. The Morgan fingerprint density at radius 3 is 2.59 bits per heavy atom. The number of rotatable bonds is 4. The van der Waals surface area contributed by atoms with Crippen molar-refractivity contribution in [3.63, 3.8) is 0 Å². The summed E-state index contributed by atoms with van der Waals surface area (Å²) in [5, 5.41) is 6.48. The minimum atomic E-state index is 0.0864. The molecule has 3 nitrogen and oxygen atoms in total. The van der Waals surface area contributed by atoms with Crippen molar-refractivity contribution in [1.29, 1.82) is 0 Å². The predicted octanol–water partition coefficient (Wildman–Crippen LogP) is 2.21. The maximum absolute atomic E-state index is 11.9. The lowest BCUT2D eigenvalue weighted by Gasteiger charge is -2.29. The summed E-state index contributed by atoms with van der Waals surface area (Å²) in [7, 11) is 0. The lowest BCUT2D eigenvalue weighted by molar-refractivity contribution is -0.123. The van der Waals surface area contributed by atoms with Gasteiger partial charge in [-0.05, 0) is 51.0 Å². The van der Waals surface area contributed by atoms with Crippen molar-refractivity contribution in [1.82, 2.24) is 10.6 Å². The summed E-state index contributed by atoms with van der Waals surface area (Å²) in [4.78, 5) is 11.9. The van der Waals surface area contributed by atoms with Gasteiger partial charge >= 0.3 is 0 Å². The number of hydrogen-bond acceptors (Lipinski definition) is 2. The molecule has 3 heteroatoms. The lowest BCUT2D eigenvalue weighted by atomic mass is 9.83. The van der Waals surface area contributed by atoms with Crippen LogP contribution in [-0.2, 0) is 4.79 Å². The van der Waals surface area contributed by atoms with Crippen LogP contribution in [0.4, 0.5) is 0 Å². The van der Waals surface area contributed by atoms with E-state index in [1.807, 2.05) is 0 Å². The van der Waals surface area contributed by atoms with Crippen LogP contribution in [0.1, 0.15) is 58.3 Å². The van der Waals surface area contributed by atoms with Crippen LogP contribution in [0.5, 0.6) is 0 Å². The van der Waals surface area contributed by atoms with E-state index < -0.39 is 0 Å². The normalized spacial score (nSPS) is 33.6. The van der Waals surface area contributed by atoms with Gasteiger partial charge in [0.15, 0.2) is 0 Å². The summed E-state index contributed by atoms with van der Waals surface area (Å²) >= 11 is 0. The van der Waals surface area contributed by atoms with Crippen LogP contribution in [0.15, 0.2) is 0 Å². The third-order valence-electron chi connectivity index (χ3n) is 4.27. The van der Waals surface area contributed by atoms with Crippen LogP contribution in [0.2, 0.25) is 0 Å². The van der Waals surface area contributed by atoms with Crippen LogP contribution < -0.4 is 10.6 Å². The third-order valence-corrected chi connectivity index (χ3v) is 4.27. The van der Waals surface area contributed by atoms with Gasteiger partial charge in [0.25, 0.3) is 0 Å². The summed E-state index contributed by atoms with van der Waals surface area (Å²) in [6.45, 7) is 3.26. The molecule has 0 unspecified atom stereocenters. The number of amides is 1. The maximum atomic E-state index is 11.9. The molecule has 1 heterocycles. The van der Waals surface area contributed by atoms with Gasteiger partial charge < -0.3 is 10.6 Å². The highest BCUT2D eigenvalue weighted by molar-refractivity contribution is 5.82. The second-order valence-electron chi connectivity index (χ2n) is 5.66. The molecule has 1 atom stereocenters. The highest BCUT2D eigenvalue weighted by Crippen LogP contribution is 2.27. The average Bonchev–Trinajstić information content (AvgIpc) is 2.86. The highest BCUT2D eigenvalue weighted by atomic mass is 16.2. The second-order valence-corrected chi connectivity index (χ2v) is 5.66. The third kappa shape index (κ3) is 3.70. The quantitative estimate of drug-likeness (QED) is 0.788. The molecular weight excluding hydrogens is 212 g/mol. The van der Waals surface area contributed by atoms with Gasteiger partial charge in [-0.3, -0.25) is 4.79 Å². The first-order valence-electron chi connectivity index (χ1n) is 7.33. The second kappa shape index (κ2) is 6.39. The van der Waals surface area contributed by atoms with Crippen LogP contribution in [-0.4, -0.2) is 24.5 Å². The summed E-state index contributed by atoms with van der Waals surface area (Å²) < 4.78 is 0. The molecular formula is C14H26N2O. The van der Waals surface area contributed by atoms with Gasteiger partial charge in [0, 0.05) is 6.04 Å². The van der Waals surface area contributed by atoms with Crippen LogP contribution >= 0.6 is 0 Å². The van der Waals surface area contributed by atoms with Gasteiger partial charge in [0.05, 0.1) is 6.04 Å². The van der Waals surface area contributed by atoms with E-state index in [0.29, 0.717) is 6.04 Å².